The number of aromatic amines is 1. The molecule has 1 atom stereocenters. The van der Waals surface area contributed by atoms with Gasteiger partial charge in [0, 0.05) is 18.7 Å². The van der Waals surface area contributed by atoms with Gasteiger partial charge in [0.15, 0.2) is 0 Å². The van der Waals surface area contributed by atoms with E-state index in [0.717, 1.165) is 18.4 Å². The van der Waals surface area contributed by atoms with E-state index in [4.69, 9.17) is 0 Å². The van der Waals surface area contributed by atoms with Crippen LogP contribution >= 0.6 is 11.3 Å². The summed E-state index contributed by atoms with van der Waals surface area (Å²) in [6.07, 6.45) is 5.70. The van der Waals surface area contributed by atoms with Crippen molar-refractivity contribution in [1.29, 1.82) is 0 Å². The highest BCUT2D eigenvalue weighted by atomic mass is 32.1. The number of aryl methyl sites for hydroxylation is 1. The fourth-order valence-electron chi connectivity index (χ4n) is 1.83. The molecular formula is C13H17N3OS. The van der Waals surface area contributed by atoms with Crippen molar-refractivity contribution in [3.8, 4) is 0 Å². The van der Waals surface area contributed by atoms with Gasteiger partial charge in [-0.2, -0.15) is 16.4 Å². The zero-order valence-corrected chi connectivity index (χ0v) is 11.2. The Morgan fingerprint density at radius 3 is 3.11 bits per heavy atom. The quantitative estimate of drug-likeness (QED) is 0.839. The second kappa shape index (κ2) is 6.35. The lowest BCUT2D eigenvalue weighted by atomic mass is 10.1. The van der Waals surface area contributed by atoms with Crippen LogP contribution in [0.5, 0.6) is 0 Å². The normalized spacial score (nSPS) is 12.3. The highest BCUT2D eigenvalue weighted by Crippen LogP contribution is 2.08. The number of carbonyl (C=O) groups excluding carboxylic acids is 1. The molecule has 2 aromatic rings. The maximum absolute atomic E-state index is 11.7. The third-order valence-corrected chi connectivity index (χ3v) is 3.46. The van der Waals surface area contributed by atoms with E-state index in [1.165, 1.54) is 5.56 Å². The van der Waals surface area contributed by atoms with E-state index in [-0.39, 0.29) is 11.9 Å². The van der Waals surface area contributed by atoms with Crippen LogP contribution in [0, 0.1) is 0 Å². The molecule has 0 aliphatic heterocycles. The second-order valence-electron chi connectivity index (χ2n) is 4.41. The zero-order valence-electron chi connectivity index (χ0n) is 10.3. The van der Waals surface area contributed by atoms with Crippen LogP contribution < -0.4 is 5.32 Å². The highest BCUT2D eigenvalue weighted by Gasteiger charge is 2.08. The van der Waals surface area contributed by atoms with Gasteiger partial charge in [0.25, 0.3) is 0 Å². The smallest absolute Gasteiger partial charge is 0.220 e. The monoisotopic (exact) mass is 263 g/mol. The first kappa shape index (κ1) is 12.8. The van der Waals surface area contributed by atoms with Crippen LogP contribution in [0.15, 0.2) is 29.2 Å². The third kappa shape index (κ3) is 4.00. The lowest BCUT2D eigenvalue weighted by Gasteiger charge is -2.12. The average molecular weight is 263 g/mol. The third-order valence-electron chi connectivity index (χ3n) is 2.72. The SMILES string of the molecule is CC(Cc1ccsc1)NC(=O)CCc1cn[nH]c1. The summed E-state index contributed by atoms with van der Waals surface area (Å²) in [5, 5.41) is 13.8. The molecule has 1 amide bonds. The molecule has 0 radical (unpaired) electrons. The number of thiophene rings is 1. The number of carbonyl (C=O) groups is 1. The molecule has 0 saturated carbocycles. The highest BCUT2D eigenvalue weighted by molar-refractivity contribution is 7.07. The Hall–Kier alpha value is -1.62. The molecule has 0 aliphatic rings. The first-order valence-electron chi connectivity index (χ1n) is 6.02. The van der Waals surface area contributed by atoms with Crippen LogP contribution in [0.1, 0.15) is 24.5 Å². The second-order valence-corrected chi connectivity index (χ2v) is 5.19. The molecule has 18 heavy (non-hydrogen) atoms. The van der Waals surface area contributed by atoms with Crippen molar-refractivity contribution in [2.45, 2.75) is 32.2 Å². The predicted molar refractivity (Wildman–Crippen MR) is 72.5 cm³/mol. The molecule has 2 aromatic heterocycles. The molecule has 0 bridgehead atoms. The van der Waals surface area contributed by atoms with Gasteiger partial charge in [-0.3, -0.25) is 9.89 Å². The van der Waals surface area contributed by atoms with Crippen molar-refractivity contribution in [1.82, 2.24) is 15.5 Å². The van der Waals surface area contributed by atoms with Crippen LogP contribution in [0.3, 0.4) is 0 Å². The number of hydrogen-bond acceptors (Lipinski definition) is 3. The average Bonchev–Trinajstić information content (AvgIpc) is 2.98. The maximum atomic E-state index is 11.7. The van der Waals surface area contributed by atoms with Gasteiger partial charge < -0.3 is 5.32 Å². The minimum Gasteiger partial charge on any atom is -0.353 e. The summed E-state index contributed by atoms with van der Waals surface area (Å²) in [7, 11) is 0. The van der Waals surface area contributed by atoms with Gasteiger partial charge in [0.2, 0.25) is 5.91 Å². The van der Waals surface area contributed by atoms with E-state index in [9.17, 15) is 4.79 Å². The van der Waals surface area contributed by atoms with E-state index < -0.39 is 0 Å². The first-order chi connectivity index (χ1) is 8.74. The fourth-order valence-corrected chi connectivity index (χ4v) is 2.51. The molecule has 0 aliphatic carbocycles. The Morgan fingerprint density at radius 1 is 1.56 bits per heavy atom. The minimum absolute atomic E-state index is 0.0962. The Balaban J connectivity index is 1.70. The Kier molecular flexibility index (Phi) is 4.52. The van der Waals surface area contributed by atoms with Crippen LogP contribution in [0.25, 0.3) is 0 Å². The topological polar surface area (TPSA) is 57.8 Å². The van der Waals surface area contributed by atoms with E-state index >= 15 is 0 Å². The molecule has 0 aromatic carbocycles. The first-order valence-corrected chi connectivity index (χ1v) is 6.96. The van der Waals surface area contributed by atoms with Gasteiger partial charge in [0.1, 0.15) is 0 Å². The van der Waals surface area contributed by atoms with Crippen molar-refractivity contribution in [3.05, 3.63) is 40.3 Å². The lowest BCUT2D eigenvalue weighted by molar-refractivity contribution is -0.121. The Labute approximate surface area is 110 Å². The van der Waals surface area contributed by atoms with Crippen LogP contribution in [-0.4, -0.2) is 22.1 Å². The molecule has 0 spiro atoms. The maximum Gasteiger partial charge on any atom is 0.220 e. The summed E-state index contributed by atoms with van der Waals surface area (Å²) >= 11 is 1.69. The molecule has 2 N–H and O–H groups in total. The van der Waals surface area contributed by atoms with Gasteiger partial charge in [-0.25, -0.2) is 0 Å². The number of nitrogens with zero attached hydrogens (tertiary/aromatic N) is 1. The van der Waals surface area contributed by atoms with Crippen molar-refractivity contribution >= 4 is 17.2 Å². The van der Waals surface area contributed by atoms with E-state index in [0.29, 0.717) is 6.42 Å². The van der Waals surface area contributed by atoms with Crippen molar-refractivity contribution in [2.24, 2.45) is 0 Å². The molecular weight excluding hydrogens is 246 g/mol. The summed E-state index contributed by atoms with van der Waals surface area (Å²) in [6.45, 7) is 2.04. The summed E-state index contributed by atoms with van der Waals surface area (Å²) < 4.78 is 0. The van der Waals surface area contributed by atoms with E-state index in [2.05, 4.69) is 32.3 Å². The van der Waals surface area contributed by atoms with Gasteiger partial charge in [-0.1, -0.05) is 0 Å². The number of rotatable bonds is 6. The molecule has 4 nitrogen and oxygen atoms in total. The molecule has 96 valence electrons. The predicted octanol–water partition coefficient (Wildman–Crippen LogP) is 2.15. The number of nitrogens with one attached hydrogen (secondary N) is 2. The summed E-state index contributed by atoms with van der Waals surface area (Å²) in [5.74, 6) is 0.0962. The lowest BCUT2D eigenvalue weighted by Crippen LogP contribution is -2.34. The van der Waals surface area contributed by atoms with Gasteiger partial charge in [-0.05, 0) is 47.7 Å². The van der Waals surface area contributed by atoms with E-state index in [1.807, 2.05) is 13.1 Å². The minimum atomic E-state index is 0.0962. The van der Waals surface area contributed by atoms with Crippen LogP contribution in [0.4, 0.5) is 0 Å². The van der Waals surface area contributed by atoms with Gasteiger partial charge in [0.05, 0.1) is 6.20 Å². The summed E-state index contributed by atoms with van der Waals surface area (Å²) in [6, 6.07) is 2.27. The van der Waals surface area contributed by atoms with Crippen molar-refractivity contribution < 1.29 is 4.79 Å². The molecule has 5 heteroatoms. The largest absolute Gasteiger partial charge is 0.353 e. The fraction of sp³-hybridized carbons (Fsp3) is 0.385. The van der Waals surface area contributed by atoms with Gasteiger partial charge in [-0.15, -0.1) is 0 Å². The number of aromatic nitrogens is 2. The van der Waals surface area contributed by atoms with Crippen molar-refractivity contribution in [2.75, 3.05) is 0 Å². The standard InChI is InChI=1S/C13H17N3OS/c1-10(6-11-4-5-18-9-11)16-13(17)3-2-12-7-14-15-8-12/h4-5,7-10H,2-3,6H2,1H3,(H,14,15)(H,16,17). The molecule has 0 saturated heterocycles. The van der Waals surface area contributed by atoms with Gasteiger partial charge >= 0.3 is 0 Å². The Morgan fingerprint density at radius 2 is 2.44 bits per heavy atom. The van der Waals surface area contributed by atoms with E-state index in [1.54, 1.807) is 17.5 Å². The van der Waals surface area contributed by atoms with Crippen LogP contribution in [-0.2, 0) is 17.6 Å². The number of amides is 1. The summed E-state index contributed by atoms with van der Waals surface area (Å²) in [5.41, 5.74) is 2.35. The Bertz CT molecular complexity index is 464. The molecule has 2 heterocycles. The number of hydrogen-bond donors (Lipinski definition) is 2. The van der Waals surface area contributed by atoms with Crippen molar-refractivity contribution in [3.63, 3.8) is 0 Å². The zero-order chi connectivity index (χ0) is 12.8. The number of H-pyrrole nitrogens is 1. The van der Waals surface area contributed by atoms with Crippen LogP contribution in [0.2, 0.25) is 0 Å². The summed E-state index contributed by atoms with van der Waals surface area (Å²) in [4.78, 5) is 11.7. The molecule has 0 fully saturated rings. The molecule has 1 unspecified atom stereocenters. The molecule has 2 rings (SSSR count).